The molecule has 1 aromatic rings. The van der Waals surface area contributed by atoms with Gasteiger partial charge in [0, 0.05) is 6.04 Å². The molecule has 1 atom stereocenters. The van der Waals surface area contributed by atoms with Crippen molar-refractivity contribution in [2.75, 3.05) is 0 Å². The topological polar surface area (TPSA) is 75.3 Å². The minimum Gasteiger partial charge on any atom is -0.352 e. The molecule has 1 aliphatic carbocycles. The summed E-state index contributed by atoms with van der Waals surface area (Å²) < 4.78 is 38.9. The summed E-state index contributed by atoms with van der Waals surface area (Å²) in [6.45, 7) is 1.47. The van der Waals surface area contributed by atoms with E-state index < -0.39 is 21.9 Å². The summed E-state index contributed by atoms with van der Waals surface area (Å²) in [5, 5.41) is 2.71. The Labute approximate surface area is 111 Å². The number of rotatable bonds is 5. The van der Waals surface area contributed by atoms with Crippen LogP contribution in [0.25, 0.3) is 0 Å². The van der Waals surface area contributed by atoms with Crippen LogP contribution in [0.3, 0.4) is 0 Å². The zero-order valence-electron chi connectivity index (χ0n) is 10.4. The second-order valence-corrected chi connectivity index (χ2v) is 6.29. The molecule has 2 rings (SSSR count). The van der Waals surface area contributed by atoms with Crippen molar-refractivity contribution in [2.45, 2.75) is 36.7 Å². The van der Waals surface area contributed by atoms with E-state index in [9.17, 15) is 17.6 Å². The monoisotopic (exact) mass is 286 g/mol. The van der Waals surface area contributed by atoms with Gasteiger partial charge in [-0.15, -0.1) is 0 Å². The lowest BCUT2D eigenvalue weighted by Crippen LogP contribution is -2.45. The average molecular weight is 286 g/mol. The van der Waals surface area contributed by atoms with Crippen LogP contribution in [0.4, 0.5) is 4.39 Å². The summed E-state index contributed by atoms with van der Waals surface area (Å²) in [6.07, 6.45) is 1.87. The molecule has 1 fully saturated rings. The van der Waals surface area contributed by atoms with Crippen molar-refractivity contribution in [1.29, 1.82) is 0 Å². The molecule has 2 N–H and O–H groups in total. The molecule has 1 aliphatic rings. The number of halogens is 1. The zero-order chi connectivity index (χ0) is 14.0. The van der Waals surface area contributed by atoms with E-state index in [-0.39, 0.29) is 16.8 Å². The number of carbonyl (C=O) groups excluding carboxylic acids is 1. The minimum absolute atomic E-state index is 0.0695. The standard InChI is InChI=1S/C12H15FN2O3S/c1-8(12(16)14-10-4-5-10)15-19(17,18)11-6-2-9(13)3-7-11/h2-3,6-8,10,15H,4-5H2,1H3,(H,14,16)/t8-/m0/s1. The normalized spacial score (nSPS) is 16.9. The molecule has 5 nitrogen and oxygen atoms in total. The van der Waals surface area contributed by atoms with Gasteiger partial charge in [0.05, 0.1) is 10.9 Å². The predicted octanol–water partition coefficient (Wildman–Crippen LogP) is 0.771. The van der Waals surface area contributed by atoms with Gasteiger partial charge in [-0.1, -0.05) is 0 Å². The molecule has 1 saturated carbocycles. The third-order valence-electron chi connectivity index (χ3n) is 2.77. The Balaban J connectivity index is 2.03. The van der Waals surface area contributed by atoms with Gasteiger partial charge in [0.25, 0.3) is 0 Å². The predicted molar refractivity (Wildman–Crippen MR) is 67.3 cm³/mol. The molecular formula is C12H15FN2O3S. The molecule has 0 bridgehead atoms. The lowest BCUT2D eigenvalue weighted by Gasteiger charge is -2.14. The van der Waals surface area contributed by atoms with E-state index in [1.54, 1.807) is 0 Å². The third-order valence-corrected chi connectivity index (χ3v) is 4.33. The first-order valence-corrected chi connectivity index (χ1v) is 7.45. The number of sulfonamides is 1. The second-order valence-electron chi connectivity index (χ2n) is 4.58. The fraction of sp³-hybridized carbons (Fsp3) is 0.417. The van der Waals surface area contributed by atoms with E-state index in [4.69, 9.17) is 0 Å². The average Bonchev–Trinajstić information content (AvgIpc) is 3.12. The minimum atomic E-state index is -3.81. The van der Waals surface area contributed by atoms with Gasteiger partial charge in [0.2, 0.25) is 15.9 Å². The molecule has 0 saturated heterocycles. The summed E-state index contributed by atoms with van der Waals surface area (Å²) in [6, 6.07) is 3.74. The lowest BCUT2D eigenvalue weighted by molar-refractivity contribution is -0.122. The van der Waals surface area contributed by atoms with Crippen LogP contribution < -0.4 is 10.0 Å². The highest BCUT2D eigenvalue weighted by Gasteiger charge is 2.27. The largest absolute Gasteiger partial charge is 0.352 e. The van der Waals surface area contributed by atoms with Gasteiger partial charge in [0.1, 0.15) is 5.82 Å². The van der Waals surface area contributed by atoms with Crippen molar-refractivity contribution >= 4 is 15.9 Å². The van der Waals surface area contributed by atoms with Crippen LogP contribution in [0.1, 0.15) is 19.8 Å². The van der Waals surface area contributed by atoms with Gasteiger partial charge in [-0.3, -0.25) is 4.79 Å². The first-order valence-electron chi connectivity index (χ1n) is 5.97. The number of benzene rings is 1. The van der Waals surface area contributed by atoms with Crippen molar-refractivity contribution in [3.8, 4) is 0 Å². The zero-order valence-corrected chi connectivity index (χ0v) is 11.2. The van der Waals surface area contributed by atoms with Crippen LogP contribution in [0.5, 0.6) is 0 Å². The van der Waals surface area contributed by atoms with E-state index in [0.717, 1.165) is 37.1 Å². The van der Waals surface area contributed by atoms with E-state index in [0.29, 0.717) is 0 Å². The summed E-state index contributed by atoms with van der Waals surface area (Å²) in [5.41, 5.74) is 0. The second kappa shape index (κ2) is 5.26. The summed E-state index contributed by atoms with van der Waals surface area (Å²) in [4.78, 5) is 11.6. The quantitative estimate of drug-likeness (QED) is 0.839. The molecule has 0 radical (unpaired) electrons. The Bertz CT molecular complexity index is 567. The number of hydrogen-bond acceptors (Lipinski definition) is 3. The van der Waals surface area contributed by atoms with Crippen LogP contribution >= 0.6 is 0 Å². The molecule has 104 valence electrons. The Morgan fingerprint density at radius 3 is 2.42 bits per heavy atom. The molecule has 0 unspecified atom stereocenters. The maximum atomic E-state index is 12.7. The molecule has 0 aliphatic heterocycles. The maximum Gasteiger partial charge on any atom is 0.241 e. The fourth-order valence-corrected chi connectivity index (χ4v) is 2.72. The van der Waals surface area contributed by atoms with Crippen LogP contribution in [-0.4, -0.2) is 26.4 Å². The van der Waals surface area contributed by atoms with Gasteiger partial charge in [-0.25, -0.2) is 12.8 Å². The van der Waals surface area contributed by atoms with E-state index in [1.807, 2.05) is 0 Å². The van der Waals surface area contributed by atoms with Gasteiger partial charge >= 0.3 is 0 Å². The summed E-state index contributed by atoms with van der Waals surface area (Å²) >= 11 is 0. The van der Waals surface area contributed by atoms with Crippen LogP contribution in [0, 0.1) is 5.82 Å². The Morgan fingerprint density at radius 1 is 1.32 bits per heavy atom. The van der Waals surface area contributed by atoms with Crippen LogP contribution in [-0.2, 0) is 14.8 Å². The molecular weight excluding hydrogens is 271 g/mol. The van der Waals surface area contributed by atoms with Crippen LogP contribution in [0.2, 0.25) is 0 Å². The SMILES string of the molecule is C[C@H](NS(=O)(=O)c1ccc(F)cc1)C(=O)NC1CC1. The maximum absolute atomic E-state index is 12.7. The summed E-state index contributed by atoms with van der Waals surface area (Å²) in [7, 11) is -3.81. The Morgan fingerprint density at radius 2 is 1.89 bits per heavy atom. The van der Waals surface area contributed by atoms with Crippen LogP contribution in [0.15, 0.2) is 29.2 Å². The Hall–Kier alpha value is -1.47. The van der Waals surface area contributed by atoms with Gasteiger partial charge in [-0.05, 0) is 44.0 Å². The molecule has 19 heavy (non-hydrogen) atoms. The summed E-state index contributed by atoms with van der Waals surface area (Å²) in [5.74, 6) is -0.869. The molecule has 1 amide bonds. The third kappa shape index (κ3) is 3.74. The van der Waals surface area contributed by atoms with Gasteiger partial charge in [0.15, 0.2) is 0 Å². The highest BCUT2D eigenvalue weighted by molar-refractivity contribution is 7.89. The highest BCUT2D eigenvalue weighted by Crippen LogP contribution is 2.18. The first-order chi connectivity index (χ1) is 8.88. The molecule has 0 aromatic heterocycles. The van der Waals surface area contributed by atoms with Crippen molar-refractivity contribution in [3.63, 3.8) is 0 Å². The fourth-order valence-electron chi connectivity index (χ4n) is 1.52. The van der Waals surface area contributed by atoms with Crippen molar-refractivity contribution in [1.82, 2.24) is 10.0 Å². The van der Waals surface area contributed by atoms with E-state index in [1.165, 1.54) is 6.92 Å². The molecule has 0 heterocycles. The van der Waals surface area contributed by atoms with Crippen molar-refractivity contribution in [2.24, 2.45) is 0 Å². The number of nitrogens with one attached hydrogen (secondary N) is 2. The van der Waals surface area contributed by atoms with Crippen molar-refractivity contribution < 1.29 is 17.6 Å². The Kier molecular flexibility index (Phi) is 3.86. The highest BCUT2D eigenvalue weighted by atomic mass is 32.2. The molecule has 0 spiro atoms. The number of hydrogen-bond donors (Lipinski definition) is 2. The number of carbonyl (C=O) groups is 1. The first kappa shape index (κ1) is 14.0. The van der Waals surface area contributed by atoms with Gasteiger partial charge in [-0.2, -0.15) is 4.72 Å². The lowest BCUT2D eigenvalue weighted by atomic mass is 10.3. The van der Waals surface area contributed by atoms with Gasteiger partial charge < -0.3 is 5.32 Å². The molecule has 7 heteroatoms. The number of amides is 1. The smallest absolute Gasteiger partial charge is 0.241 e. The molecule has 1 aromatic carbocycles. The van der Waals surface area contributed by atoms with E-state index in [2.05, 4.69) is 10.0 Å². The van der Waals surface area contributed by atoms with Crippen molar-refractivity contribution in [3.05, 3.63) is 30.1 Å². The van der Waals surface area contributed by atoms with E-state index >= 15 is 0 Å².